The number of fused-ring (bicyclic) bond motifs is 3. The summed E-state index contributed by atoms with van der Waals surface area (Å²) in [6.45, 7) is 6.38. The highest BCUT2D eigenvalue weighted by atomic mass is 32.2. The van der Waals surface area contributed by atoms with Crippen molar-refractivity contribution in [1.29, 1.82) is 0 Å². The van der Waals surface area contributed by atoms with Crippen molar-refractivity contribution < 1.29 is 0 Å². The van der Waals surface area contributed by atoms with Gasteiger partial charge in [-0.2, -0.15) is 0 Å². The van der Waals surface area contributed by atoms with Gasteiger partial charge in [-0.3, -0.25) is 13.8 Å². The molecular weight excluding hydrogens is 356 g/mol. The maximum Gasteiger partial charge on any atom is 0.262 e. The van der Waals surface area contributed by atoms with Crippen LogP contribution in [0.3, 0.4) is 0 Å². The number of thioether (sulfide) groups is 1. The van der Waals surface area contributed by atoms with Crippen LogP contribution in [0.1, 0.15) is 36.7 Å². The fraction of sp³-hybridized carbons (Fsp3) is 0.286. The van der Waals surface area contributed by atoms with Crippen LogP contribution >= 0.6 is 11.8 Å². The average molecular weight is 379 g/mol. The highest BCUT2D eigenvalue weighted by Crippen LogP contribution is 2.25. The number of aryl methyl sites for hydroxylation is 2. The predicted octanol–water partition coefficient (Wildman–Crippen LogP) is 4.31. The summed E-state index contributed by atoms with van der Waals surface area (Å²) in [5, 5.41) is 9.32. The lowest BCUT2D eigenvalue weighted by Crippen LogP contribution is -2.20. The standard InChI is InChI=1S/C21H22N4OS/c1-13(2)15-6-8-16(9-7-15)27-12-19-22-23-21-24(4)20(26)17-11-14(3)5-10-18(17)25(19)21/h5-11,13H,12H2,1-4H3. The van der Waals surface area contributed by atoms with Crippen molar-refractivity contribution in [3.63, 3.8) is 0 Å². The van der Waals surface area contributed by atoms with Gasteiger partial charge in [-0.25, -0.2) is 0 Å². The number of nitrogens with zero attached hydrogens (tertiary/aromatic N) is 4. The van der Waals surface area contributed by atoms with Crippen LogP contribution in [0.2, 0.25) is 0 Å². The summed E-state index contributed by atoms with van der Waals surface area (Å²) in [7, 11) is 1.75. The van der Waals surface area contributed by atoms with E-state index in [-0.39, 0.29) is 5.56 Å². The molecule has 0 unspecified atom stereocenters. The summed E-state index contributed by atoms with van der Waals surface area (Å²) in [5.41, 5.74) is 3.21. The maximum absolute atomic E-state index is 12.6. The molecule has 6 heteroatoms. The Morgan fingerprint density at radius 1 is 1.07 bits per heavy atom. The SMILES string of the molecule is Cc1ccc2c(c1)c(=O)n(C)c1nnc(CSc3ccc(C(C)C)cc3)n21. The van der Waals surface area contributed by atoms with Gasteiger partial charge in [0, 0.05) is 11.9 Å². The zero-order valence-corrected chi connectivity index (χ0v) is 16.7. The fourth-order valence-electron chi connectivity index (χ4n) is 3.25. The predicted molar refractivity (Wildman–Crippen MR) is 111 cm³/mol. The third-order valence-corrected chi connectivity index (χ3v) is 5.86. The van der Waals surface area contributed by atoms with Gasteiger partial charge in [0.25, 0.3) is 5.56 Å². The van der Waals surface area contributed by atoms with Crippen LogP contribution in [0.5, 0.6) is 0 Å². The van der Waals surface area contributed by atoms with Crippen molar-refractivity contribution >= 4 is 28.4 Å². The van der Waals surface area contributed by atoms with Crippen molar-refractivity contribution in [1.82, 2.24) is 19.2 Å². The normalized spacial score (nSPS) is 11.7. The van der Waals surface area contributed by atoms with Crippen LogP contribution in [0, 0.1) is 6.92 Å². The number of hydrogen-bond acceptors (Lipinski definition) is 4. The highest BCUT2D eigenvalue weighted by molar-refractivity contribution is 7.98. The van der Waals surface area contributed by atoms with Crippen molar-refractivity contribution in [2.75, 3.05) is 0 Å². The minimum absolute atomic E-state index is 0.0444. The molecule has 2 aromatic heterocycles. The molecule has 0 amide bonds. The van der Waals surface area contributed by atoms with Crippen LogP contribution in [0.4, 0.5) is 0 Å². The lowest BCUT2D eigenvalue weighted by atomic mass is 10.0. The van der Waals surface area contributed by atoms with Crippen molar-refractivity contribution in [3.8, 4) is 0 Å². The second-order valence-corrected chi connectivity index (χ2v) is 8.20. The van der Waals surface area contributed by atoms with Crippen LogP contribution in [0.15, 0.2) is 52.2 Å². The quantitative estimate of drug-likeness (QED) is 0.497. The van der Waals surface area contributed by atoms with E-state index in [2.05, 4.69) is 48.3 Å². The summed E-state index contributed by atoms with van der Waals surface area (Å²) in [4.78, 5) is 13.8. The molecule has 2 aromatic carbocycles. The van der Waals surface area contributed by atoms with Gasteiger partial charge < -0.3 is 0 Å². The van der Waals surface area contributed by atoms with Crippen LogP contribution in [-0.2, 0) is 12.8 Å². The van der Waals surface area contributed by atoms with Gasteiger partial charge in [0.15, 0.2) is 0 Å². The second kappa shape index (κ2) is 6.85. The number of rotatable bonds is 4. The molecule has 0 N–H and O–H groups in total. The minimum atomic E-state index is -0.0444. The molecule has 2 heterocycles. The zero-order chi connectivity index (χ0) is 19.1. The summed E-state index contributed by atoms with van der Waals surface area (Å²) in [6, 6.07) is 14.6. The molecule has 0 spiro atoms. The van der Waals surface area contributed by atoms with E-state index < -0.39 is 0 Å². The zero-order valence-electron chi connectivity index (χ0n) is 15.9. The molecule has 0 saturated heterocycles. The molecule has 138 valence electrons. The molecule has 0 fully saturated rings. The Kier molecular flexibility index (Phi) is 4.52. The van der Waals surface area contributed by atoms with E-state index in [0.717, 1.165) is 16.9 Å². The Morgan fingerprint density at radius 2 is 1.81 bits per heavy atom. The molecule has 0 aliphatic rings. The van der Waals surface area contributed by atoms with E-state index in [1.165, 1.54) is 10.5 Å². The Balaban J connectivity index is 1.74. The molecule has 0 radical (unpaired) electrons. The van der Waals surface area contributed by atoms with Crippen LogP contribution in [0.25, 0.3) is 16.7 Å². The number of benzene rings is 2. The Labute approximate surface area is 162 Å². The van der Waals surface area contributed by atoms with E-state index in [0.29, 0.717) is 22.8 Å². The highest BCUT2D eigenvalue weighted by Gasteiger charge is 2.15. The Morgan fingerprint density at radius 3 is 2.52 bits per heavy atom. The van der Waals surface area contributed by atoms with Crippen molar-refractivity contribution in [3.05, 3.63) is 69.8 Å². The smallest absolute Gasteiger partial charge is 0.262 e. The van der Waals surface area contributed by atoms with Gasteiger partial charge in [-0.15, -0.1) is 22.0 Å². The lowest BCUT2D eigenvalue weighted by molar-refractivity contribution is 0.857. The van der Waals surface area contributed by atoms with E-state index >= 15 is 0 Å². The third kappa shape index (κ3) is 3.14. The van der Waals surface area contributed by atoms with Gasteiger partial charge >= 0.3 is 0 Å². The summed E-state index contributed by atoms with van der Waals surface area (Å²) >= 11 is 1.72. The van der Waals surface area contributed by atoms with Crippen LogP contribution < -0.4 is 5.56 Å². The molecule has 5 nitrogen and oxygen atoms in total. The first-order chi connectivity index (χ1) is 13.0. The van der Waals surface area contributed by atoms with E-state index in [1.54, 1.807) is 23.4 Å². The van der Waals surface area contributed by atoms with Crippen molar-refractivity contribution in [2.24, 2.45) is 7.05 Å². The second-order valence-electron chi connectivity index (χ2n) is 7.15. The van der Waals surface area contributed by atoms with Crippen LogP contribution in [-0.4, -0.2) is 19.2 Å². The monoisotopic (exact) mass is 378 g/mol. The van der Waals surface area contributed by atoms with E-state index in [9.17, 15) is 4.79 Å². The van der Waals surface area contributed by atoms with Crippen molar-refractivity contribution in [2.45, 2.75) is 37.3 Å². The minimum Gasteiger partial charge on any atom is -0.279 e. The van der Waals surface area contributed by atoms with Gasteiger partial charge in [0.1, 0.15) is 5.82 Å². The fourth-order valence-corrected chi connectivity index (χ4v) is 4.06. The summed E-state index contributed by atoms with van der Waals surface area (Å²) in [5.74, 6) is 2.62. The first-order valence-electron chi connectivity index (χ1n) is 9.02. The molecule has 0 aliphatic heterocycles. The van der Waals surface area contributed by atoms with Gasteiger partial charge in [-0.05, 0) is 42.7 Å². The number of hydrogen-bond donors (Lipinski definition) is 0. The molecular formula is C21H22N4OS. The lowest BCUT2D eigenvalue weighted by Gasteiger charge is -2.09. The molecule has 0 saturated carbocycles. The molecule has 4 rings (SSSR count). The van der Waals surface area contributed by atoms with Gasteiger partial charge in [-0.1, -0.05) is 37.6 Å². The van der Waals surface area contributed by atoms with E-state index in [4.69, 9.17) is 0 Å². The van der Waals surface area contributed by atoms with Gasteiger partial charge in [0.2, 0.25) is 5.78 Å². The molecule has 27 heavy (non-hydrogen) atoms. The molecule has 4 aromatic rings. The number of aromatic nitrogens is 4. The Hall–Kier alpha value is -2.60. The third-order valence-electron chi connectivity index (χ3n) is 4.86. The maximum atomic E-state index is 12.6. The average Bonchev–Trinajstić information content (AvgIpc) is 3.09. The molecule has 0 atom stereocenters. The summed E-state index contributed by atoms with van der Waals surface area (Å²) < 4.78 is 3.56. The largest absolute Gasteiger partial charge is 0.279 e. The van der Waals surface area contributed by atoms with Gasteiger partial charge in [0.05, 0.1) is 16.7 Å². The summed E-state index contributed by atoms with van der Waals surface area (Å²) in [6.07, 6.45) is 0. The first-order valence-corrected chi connectivity index (χ1v) is 10.0. The molecule has 0 bridgehead atoms. The molecule has 0 aliphatic carbocycles. The Bertz CT molecular complexity index is 1190. The van der Waals surface area contributed by atoms with E-state index in [1.807, 2.05) is 29.5 Å². The topological polar surface area (TPSA) is 52.2 Å². The first kappa shape index (κ1) is 17.8.